The van der Waals surface area contributed by atoms with Gasteiger partial charge in [-0.3, -0.25) is 9.59 Å². The van der Waals surface area contributed by atoms with E-state index in [1.165, 1.54) is 0 Å². The first kappa shape index (κ1) is 18.8. The van der Waals surface area contributed by atoms with E-state index in [2.05, 4.69) is 10.6 Å². The summed E-state index contributed by atoms with van der Waals surface area (Å²) in [5.41, 5.74) is 3.10. The van der Waals surface area contributed by atoms with Crippen LogP contribution >= 0.6 is 0 Å². The number of aromatic nitrogens is 1. The van der Waals surface area contributed by atoms with Crippen LogP contribution in [0.25, 0.3) is 0 Å². The van der Waals surface area contributed by atoms with Crippen LogP contribution in [-0.4, -0.2) is 22.4 Å². The third-order valence-corrected chi connectivity index (χ3v) is 4.39. The molecule has 0 saturated heterocycles. The monoisotopic (exact) mass is 341 g/mol. The van der Waals surface area contributed by atoms with Gasteiger partial charge in [0.1, 0.15) is 6.04 Å². The van der Waals surface area contributed by atoms with Crippen molar-refractivity contribution in [1.82, 2.24) is 15.2 Å². The van der Waals surface area contributed by atoms with Crippen LogP contribution < -0.4 is 10.6 Å². The molecule has 5 heteroatoms. The Kier molecular flexibility index (Phi) is 6.39. The zero-order valence-electron chi connectivity index (χ0n) is 15.4. The minimum atomic E-state index is -0.544. The van der Waals surface area contributed by atoms with Crippen molar-refractivity contribution in [3.63, 3.8) is 0 Å². The van der Waals surface area contributed by atoms with Crippen molar-refractivity contribution in [1.29, 1.82) is 0 Å². The van der Waals surface area contributed by atoms with Crippen LogP contribution in [-0.2, 0) is 29.6 Å². The summed E-state index contributed by atoms with van der Waals surface area (Å²) in [6.45, 7) is 6.33. The van der Waals surface area contributed by atoms with Gasteiger partial charge in [0.15, 0.2) is 0 Å². The van der Waals surface area contributed by atoms with E-state index < -0.39 is 6.04 Å². The maximum absolute atomic E-state index is 12.5. The summed E-state index contributed by atoms with van der Waals surface area (Å²) in [5.74, 6) is -0.292. The number of benzene rings is 1. The van der Waals surface area contributed by atoms with Gasteiger partial charge >= 0.3 is 0 Å². The van der Waals surface area contributed by atoms with Gasteiger partial charge in [0.05, 0.1) is 13.0 Å². The summed E-state index contributed by atoms with van der Waals surface area (Å²) >= 11 is 0. The van der Waals surface area contributed by atoms with Crippen molar-refractivity contribution < 1.29 is 9.59 Å². The van der Waals surface area contributed by atoms with Gasteiger partial charge in [0.2, 0.25) is 11.8 Å². The summed E-state index contributed by atoms with van der Waals surface area (Å²) in [6, 6.07) is 13.0. The van der Waals surface area contributed by atoms with Gasteiger partial charge in [-0.15, -0.1) is 0 Å². The van der Waals surface area contributed by atoms with Crippen molar-refractivity contribution in [2.24, 2.45) is 13.0 Å². The maximum atomic E-state index is 12.5. The number of carbonyl (C=O) groups is 2. The molecule has 0 aliphatic rings. The zero-order chi connectivity index (χ0) is 18.4. The van der Waals surface area contributed by atoms with Gasteiger partial charge in [-0.05, 0) is 30.5 Å². The second-order valence-corrected chi connectivity index (χ2v) is 6.69. The fourth-order valence-corrected chi connectivity index (χ4v) is 2.67. The quantitative estimate of drug-likeness (QED) is 0.812. The molecule has 1 aromatic carbocycles. The van der Waals surface area contributed by atoms with E-state index in [0.717, 1.165) is 17.0 Å². The number of nitrogens with one attached hydrogen (secondary N) is 2. The molecule has 5 nitrogen and oxygen atoms in total. The van der Waals surface area contributed by atoms with Gasteiger partial charge in [0.25, 0.3) is 0 Å². The van der Waals surface area contributed by atoms with Crippen LogP contribution in [0.5, 0.6) is 0 Å². The van der Waals surface area contributed by atoms with Crippen molar-refractivity contribution in [2.45, 2.75) is 39.8 Å². The standard InChI is InChI=1S/C20H27N3O2/c1-14(2)19(22-18(24)12-16-8-6-5-7-9-16)20(25)21-13-17-11-10-15(3)23(17)4/h5-11,14,19H,12-13H2,1-4H3,(H,21,25)(H,22,24)/t19-/m1/s1. The van der Waals surface area contributed by atoms with Gasteiger partial charge in [-0.2, -0.15) is 0 Å². The SMILES string of the molecule is Cc1ccc(CNC(=O)[C@H](NC(=O)Cc2ccccc2)C(C)C)n1C. The molecule has 0 fully saturated rings. The Morgan fingerprint density at radius 1 is 1.08 bits per heavy atom. The third kappa shape index (κ3) is 5.21. The molecule has 25 heavy (non-hydrogen) atoms. The molecule has 0 radical (unpaired) electrons. The van der Waals surface area contributed by atoms with Crippen molar-refractivity contribution in [3.05, 3.63) is 59.4 Å². The van der Waals surface area contributed by atoms with Gasteiger partial charge in [-0.25, -0.2) is 0 Å². The normalized spacial score (nSPS) is 12.0. The van der Waals surface area contributed by atoms with E-state index in [1.807, 2.05) is 74.9 Å². The molecular formula is C20H27N3O2. The Hall–Kier alpha value is -2.56. The molecule has 0 unspecified atom stereocenters. The third-order valence-electron chi connectivity index (χ3n) is 4.39. The van der Waals surface area contributed by atoms with E-state index in [0.29, 0.717) is 6.54 Å². The van der Waals surface area contributed by atoms with Gasteiger partial charge in [-0.1, -0.05) is 44.2 Å². The molecule has 1 atom stereocenters. The molecular weight excluding hydrogens is 314 g/mol. The number of nitrogens with zero attached hydrogens (tertiary/aromatic N) is 1. The highest BCUT2D eigenvalue weighted by Gasteiger charge is 2.24. The minimum absolute atomic E-state index is 0.00914. The molecule has 1 heterocycles. The molecule has 0 aliphatic heterocycles. The molecule has 0 saturated carbocycles. The van der Waals surface area contributed by atoms with Crippen LogP contribution in [0.2, 0.25) is 0 Å². The summed E-state index contributed by atoms with van der Waals surface area (Å²) < 4.78 is 2.04. The molecule has 0 spiro atoms. The topological polar surface area (TPSA) is 63.1 Å². The summed E-state index contributed by atoms with van der Waals surface area (Å²) in [5, 5.41) is 5.79. The highest BCUT2D eigenvalue weighted by Crippen LogP contribution is 2.07. The Bertz CT molecular complexity index is 720. The number of carbonyl (C=O) groups excluding carboxylic acids is 2. The number of rotatable bonds is 7. The maximum Gasteiger partial charge on any atom is 0.243 e. The molecule has 0 bridgehead atoms. The van der Waals surface area contributed by atoms with E-state index >= 15 is 0 Å². The zero-order valence-corrected chi connectivity index (χ0v) is 15.4. The van der Waals surface area contributed by atoms with Crippen LogP contribution in [0, 0.1) is 12.8 Å². The predicted molar refractivity (Wildman–Crippen MR) is 98.9 cm³/mol. The molecule has 134 valence electrons. The second kappa shape index (κ2) is 8.51. The molecule has 1 aromatic heterocycles. The van der Waals surface area contributed by atoms with E-state index in [1.54, 1.807) is 0 Å². The summed E-state index contributed by atoms with van der Waals surface area (Å²) in [6.07, 6.45) is 0.272. The highest BCUT2D eigenvalue weighted by atomic mass is 16.2. The average molecular weight is 341 g/mol. The molecule has 0 aliphatic carbocycles. The Balaban J connectivity index is 1.93. The van der Waals surface area contributed by atoms with Crippen molar-refractivity contribution in [2.75, 3.05) is 0 Å². The van der Waals surface area contributed by atoms with E-state index in [4.69, 9.17) is 0 Å². The Morgan fingerprint density at radius 3 is 2.32 bits per heavy atom. The number of hydrogen-bond acceptors (Lipinski definition) is 2. The Morgan fingerprint density at radius 2 is 1.76 bits per heavy atom. The summed E-state index contributed by atoms with van der Waals surface area (Å²) in [7, 11) is 1.97. The first-order chi connectivity index (χ1) is 11.9. The van der Waals surface area contributed by atoms with E-state index in [9.17, 15) is 9.59 Å². The second-order valence-electron chi connectivity index (χ2n) is 6.69. The highest BCUT2D eigenvalue weighted by molar-refractivity contribution is 5.88. The molecule has 2 rings (SSSR count). The van der Waals surface area contributed by atoms with Crippen LogP contribution in [0.1, 0.15) is 30.8 Å². The first-order valence-corrected chi connectivity index (χ1v) is 8.60. The van der Waals surface area contributed by atoms with Crippen molar-refractivity contribution in [3.8, 4) is 0 Å². The molecule has 2 aromatic rings. The van der Waals surface area contributed by atoms with Gasteiger partial charge in [0, 0.05) is 18.4 Å². The predicted octanol–water partition coefficient (Wildman–Crippen LogP) is 2.33. The molecule has 2 N–H and O–H groups in total. The lowest BCUT2D eigenvalue weighted by atomic mass is 10.0. The van der Waals surface area contributed by atoms with Crippen LogP contribution in [0.3, 0.4) is 0 Å². The lowest BCUT2D eigenvalue weighted by Crippen LogP contribution is -2.50. The fourth-order valence-electron chi connectivity index (χ4n) is 2.67. The smallest absolute Gasteiger partial charge is 0.243 e. The lowest BCUT2D eigenvalue weighted by molar-refractivity contribution is -0.129. The largest absolute Gasteiger partial charge is 0.350 e. The van der Waals surface area contributed by atoms with Crippen molar-refractivity contribution >= 4 is 11.8 Å². The van der Waals surface area contributed by atoms with Crippen LogP contribution in [0.4, 0.5) is 0 Å². The van der Waals surface area contributed by atoms with Crippen LogP contribution in [0.15, 0.2) is 42.5 Å². The number of hydrogen-bond donors (Lipinski definition) is 2. The fraction of sp³-hybridized carbons (Fsp3) is 0.400. The average Bonchev–Trinajstić information content (AvgIpc) is 2.90. The molecule has 2 amide bonds. The lowest BCUT2D eigenvalue weighted by Gasteiger charge is -2.22. The van der Waals surface area contributed by atoms with Gasteiger partial charge < -0.3 is 15.2 Å². The first-order valence-electron chi connectivity index (χ1n) is 8.60. The number of aryl methyl sites for hydroxylation is 1. The minimum Gasteiger partial charge on any atom is -0.350 e. The van der Waals surface area contributed by atoms with E-state index in [-0.39, 0.29) is 24.2 Å². The Labute approximate surface area is 149 Å². The summed E-state index contributed by atoms with van der Waals surface area (Å²) in [4.78, 5) is 24.8. The number of amides is 2.